The zero-order chi connectivity index (χ0) is 13.1. The highest BCUT2D eigenvalue weighted by molar-refractivity contribution is 14.0. The molecule has 0 aromatic carbocycles. The zero-order valence-electron chi connectivity index (χ0n) is 12.1. The number of nitrogens with one attached hydrogen (secondary N) is 1. The lowest BCUT2D eigenvalue weighted by molar-refractivity contribution is 0.151. The third-order valence-electron chi connectivity index (χ3n) is 4.64. The van der Waals surface area contributed by atoms with Gasteiger partial charge in [0.15, 0.2) is 5.96 Å². The van der Waals surface area contributed by atoms with Crippen molar-refractivity contribution in [2.24, 2.45) is 10.4 Å². The van der Waals surface area contributed by atoms with Gasteiger partial charge in [-0.25, -0.2) is 0 Å². The van der Waals surface area contributed by atoms with Crippen LogP contribution in [0, 0.1) is 5.41 Å². The van der Waals surface area contributed by atoms with E-state index in [9.17, 15) is 0 Å². The number of hydrogen-bond donors (Lipinski definition) is 1. The maximum Gasteiger partial charge on any atom is 0.193 e. The summed E-state index contributed by atoms with van der Waals surface area (Å²) in [4.78, 5) is 6.90. The molecule has 2 aliphatic rings. The molecule has 2 fully saturated rings. The molecular weight excluding hydrogens is 381 g/mol. The molecular formula is C15H24IN3S. The Bertz CT molecular complexity index is 440. The molecule has 3 nitrogen and oxygen atoms in total. The Kier molecular flexibility index (Phi) is 5.72. The average Bonchev–Trinajstić information content (AvgIpc) is 3.03. The van der Waals surface area contributed by atoms with Gasteiger partial charge in [-0.3, -0.25) is 4.99 Å². The van der Waals surface area contributed by atoms with E-state index < -0.39 is 0 Å². The zero-order valence-corrected chi connectivity index (χ0v) is 15.2. The van der Waals surface area contributed by atoms with Gasteiger partial charge in [0, 0.05) is 26.7 Å². The molecule has 112 valence electrons. The van der Waals surface area contributed by atoms with E-state index in [1.807, 2.05) is 7.05 Å². The first-order valence-corrected chi connectivity index (χ1v) is 8.22. The van der Waals surface area contributed by atoms with Crippen molar-refractivity contribution in [3.63, 3.8) is 0 Å². The number of halogens is 1. The third kappa shape index (κ3) is 3.47. The first-order valence-electron chi connectivity index (χ1n) is 7.28. The fourth-order valence-corrected chi connectivity index (χ4v) is 3.99. The highest BCUT2D eigenvalue weighted by Crippen LogP contribution is 2.47. The van der Waals surface area contributed by atoms with Crippen LogP contribution in [0.4, 0.5) is 0 Å². The molecule has 20 heavy (non-hydrogen) atoms. The smallest absolute Gasteiger partial charge is 0.193 e. The van der Waals surface area contributed by atoms with Gasteiger partial charge in [0.25, 0.3) is 0 Å². The SMILES string of the molecule is CN=C(NCCc1ccsc1)N1CCC2(CCC2)C1.I. The van der Waals surface area contributed by atoms with E-state index in [2.05, 4.69) is 32.0 Å². The molecule has 0 unspecified atom stereocenters. The fraction of sp³-hybridized carbons (Fsp3) is 0.667. The summed E-state index contributed by atoms with van der Waals surface area (Å²) in [6.45, 7) is 3.37. The first-order chi connectivity index (χ1) is 9.31. The van der Waals surface area contributed by atoms with Crippen LogP contribution in [-0.4, -0.2) is 37.5 Å². The maximum atomic E-state index is 4.45. The largest absolute Gasteiger partial charge is 0.356 e. The van der Waals surface area contributed by atoms with Crippen molar-refractivity contribution in [2.75, 3.05) is 26.7 Å². The molecule has 5 heteroatoms. The van der Waals surface area contributed by atoms with Gasteiger partial charge in [0.05, 0.1) is 0 Å². The number of thiophene rings is 1. The number of rotatable bonds is 3. The summed E-state index contributed by atoms with van der Waals surface area (Å²) < 4.78 is 0. The van der Waals surface area contributed by atoms with Gasteiger partial charge >= 0.3 is 0 Å². The van der Waals surface area contributed by atoms with Crippen LogP contribution in [0.5, 0.6) is 0 Å². The predicted octanol–water partition coefficient (Wildman–Crippen LogP) is 3.36. The van der Waals surface area contributed by atoms with E-state index in [0.717, 1.165) is 18.9 Å². The topological polar surface area (TPSA) is 27.6 Å². The van der Waals surface area contributed by atoms with Crippen molar-refractivity contribution in [3.05, 3.63) is 22.4 Å². The molecule has 1 saturated carbocycles. The lowest BCUT2D eigenvalue weighted by atomic mass is 9.68. The minimum absolute atomic E-state index is 0. The van der Waals surface area contributed by atoms with Gasteiger partial charge in [-0.2, -0.15) is 11.3 Å². The monoisotopic (exact) mass is 405 g/mol. The van der Waals surface area contributed by atoms with Gasteiger partial charge in [-0.1, -0.05) is 6.42 Å². The van der Waals surface area contributed by atoms with Crippen molar-refractivity contribution < 1.29 is 0 Å². The van der Waals surface area contributed by atoms with E-state index in [1.54, 1.807) is 11.3 Å². The Labute approximate surface area is 142 Å². The van der Waals surface area contributed by atoms with Crippen LogP contribution in [0.15, 0.2) is 21.8 Å². The fourth-order valence-electron chi connectivity index (χ4n) is 3.29. The first kappa shape index (κ1) is 16.1. The van der Waals surface area contributed by atoms with Crippen molar-refractivity contribution in [2.45, 2.75) is 32.1 Å². The summed E-state index contributed by atoms with van der Waals surface area (Å²) >= 11 is 1.77. The van der Waals surface area contributed by atoms with Crippen molar-refractivity contribution >= 4 is 41.3 Å². The number of guanidine groups is 1. The van der Waals surface area contributed by atoms with E-state index >= 15 is 0 Å². The quantitative estimate of drug-likeness (QED) is 0.475. The van der Waals surface area contributed by atoms with Gasteiger partial charge in [0.1, 0.15) is 0 Å². The molecule has 0 radical (unpaired) electrons. The Morgan fingerprint density at radius 2 is 2.30 bits per heavy atom. The normalized spacial score (nSPS) is 20.6. The van der Waals surface area contributed by atoms with Crippen LogP contribution in [0.3, 0.4) is 0 Å². The second-order valence-corrected chi connectivity index (χ2v) is 6.66. The van der Waals surface area contributed by atoms with E-state index in [-0.39, 0.29) is 24.0 Å². The van der Waals surface area contributed by atoms with Crippen LogP contribution in [0.25, 0.3) is 0 Å². The number of nitrogens with zero attached hydrogens (tertiary/aromatic N) is 2. The van der Waals surface area contributed by atoms with Crippen LogP contribution in [0.1, 0.15) is 31.2 Å². The lowest BCUT2D eigenvalue weighted by Gasteiger charge is -2.38. The predicted molar refractivity (Wildman–Crippen MR) is 97.3 cm³/mol. The highest BCUT2D eigenvalue weighted by Gasteiger charge is 2.43. The Balaban J connectivity index is 0.00000147. The molecule has 3 rings (SSSR count). The summed E-state index contributed by atoms with van der Waals surface area (Å²) in [5, 5.41) is 7.89. The molecule has 1 aliphatic heterocycles. The van der Waals surface area contributed by atoms with Gasteiger partial charge in [-0.15, -0.1) is 24.0 Å². The van der Waals surface area contributed by atoms with Gasteiger partial charge < -0.3 is 10.2 Å². The summed E-state index contributed by atoms with van der Waals surface area (Å²) in [6, 6.07) is 2.20. The lowest BCUT2D eigenvalue weighted by Crippen LogP contribution is -2.43. The summed E-state index contributed by atoms with van der Waals surface area (Å²) in [6.07, 6.45) is 6.72. The van der Waals surface area contributed by atoms with Crippen LogP contribution in [-0.2, 0) is 6.42 Å². The second-order valence-electron chi connectivity index (χ2n) is 5.88. The molecule has 0 bridgehead atoms. The van der Waals surface area contributed by atoms with Crippen molar-refractivity contribution in [3.8, 4) is 0 Å². The molecule has 1 spiro atoms. The molecule has 0 atom stereocenters. The van der Waals surface area contributed by atoms with Gasteiger partial charge in [-0.05, 0) is 53.5 Å². The molecule has 1 aliphatic carbocycles. The Morgan fingerprint density at radius 1 is 1.45 bits per heavy atom. The summed E-state index contributed by atoms with van der Waals surface area (Å²) in [5.74, 6) is 1.10. The number of hydrogen-bond acceptors (Lipinski definition) is 2. The highest BCUT2D eigenvalue weighted by atomic mass is 127. The molecule has 1 aromatic rings. The average molecular weight is 405 g/mol. The minimum Gasteiger partial charge on any atom is -0.356 e. The Morgan fingerprint density at radius 3 is 2.85 bits per heavy atom. The number of likely N-dealkylation sites (tertiary alicyclic amines) is 1. The summed E-state index contributed by atoms with van der Waals surface area (Å²) in [5.41, 5.74) is 2.06. The summed E-state index contributed by atoms with van der Waals surface area (Å²) in [7, 11) is 1.90. The van der Waals surface area contributed by atoms with Crippen molar-refractivity contribution in [1.29, 1.82) is 0 Å². The molecule has 1 N–H and O–H groups in total. The third-order valence-corrected chi connectivity index (χ3v) is 5.37. The number of aliphatic imine (C=N–C) groups is 1. The minimum atomic E-state index is 0. The van der Waals surface area contributed by atoms with Crippen LogP contribution < -0.4 is 5.32 Å². The Hall–Kier alpha value is -0.300. The maximum absolute atomic E-state index is 4.45. The van der Waals surface area contributed by atoms with Crippen molar-refractivity contribution in [1.82, 2.24) is 10.2 Å². The standard InChI is InChI=1S/C15H23N3S.HI/c1-16-14(17-8-3-13-4-10-19-11-13)18-9-7-15(12-18)5-2-6-15;/h4,10-11H,2-3,5-9,12H2,1H3,(H,16,17);1H. The van der Waals surface area contributed by atoms with Gasteiger partial charge in [0.2, 0.25) is 0 Å². The van der Waals surface area contributed by atoms with E-state index in [0.29, 0.717) is 5.41 Å². The van der Waals surface area contributed by atoms with E-state index in [4.69, 9.17) is 0 Å². The molecule has 1 aromatic heterocycles. The second kappa shape index (κ2) is 7.11. The molecule has 1 saturated heterocycles. The molecule has 2 heterocycles. The molecule has 0 amide bonds. The van der Waals surface area contributed by atoms with Crippen LogP contribution >= 0.6 is 35.3 Å². The van der Waals surface area contributed by atoms with Crippen LogP contribution in [0.2, 0.25) is 0 Å². The van der Waals surface area contributed by atoms with E-state index in [1.165, 1.54) is 44.3 Å².